The Hall–Kier alpha value is -3.03. The third-order valence-electron chi connectivity index (χ3n) is 4.59. The van der Waals surface area contributed by atoms with E-state index in [0.717, 1.165) is 11.1 Å². The first-order valence-electron chi connectivity index (χ1n) is 10.0. The number of amides is 1. The Labute approximate surface area is 177 Å². The lowest BCUT2D eigenvalue weighted by Crippen LogP contribution is -2.51. The lowest BCUT2D eigenvalue weighted by atomic mass is 10.1. The zero-order valence-corrected chi connectivity index (χ0v) is 17.2. The molecular formula is C23H29N3O4. The number of benzene rings is 2. The van der Waals surface area contributed by atoms with E-state index in [1.54, 1.807) is 6.92 Å². The molecule has 2 aromatic carbocycles. The molecule has 0 heterocycles. The van der Waals surface area contributed by atoms with Crippen molar-refractivity contribution in [3.8, 4) is 0 Å². The highest BCUT2D eigenvalue weighted by Gasteiger charge is 2.21. The fourth-order valence-electron chi connectivity index (χ4n) is 2.84. The summed E-state index contributed by atoms with van der Waals surface area (Å²) < 4.78 is 5.20. The van der Waals surface area contributed by atoms with Crippen LogP contribution in [0.5, 0.6) is 0 Å². The number of carbonyl (C=O) groups excluding carboxylic acids is 3. The van der Waals surface area contributed by atoms with Gasteiger partial charge in [-0.2, -0.15) is 0 Å². The van der Waals surface area contributed by atoms with E-state index in [2.05, 4.69) is 10.6 Å². The summed E-state index contributed by atoms with van der Waals surface area (Å²) >= 11 is 0. The van der Waals surface area contributed by atoms with Crippen LogP contribution < -0.4 is 16.4 Å². The molecule has 0 aliphatic heterocycles. The largest absolute Gasteiger partial charge is 0.460 e. The lowest BCUT2D eigenvalue weighted by molar-refractivity contribution is -0.144. The molecule has 30 heavy (non-hydrogen) atoms. The molecule has 2 atom stereocenters. The van der Waals surface area contributed by atoms with E-state index < -0.39 is 18.1 Å². The van der Waals surface area contributed by atoms with Crippen molar-refractivity contribution in [1.29, 1.82) is 0 Å². The summed E-state index contributed by atoms with van der Waals surface area (Å²) in [6.45, 7) is 1.82. The van der Waals surface area contributed by atoms with Crippen molar-refractivity contribution >= 4 is 17.7 Å². The summed E-state index contributed by atoms with van der Waals surface area (Å²) in [5, 5.41) is 5.57. The first-order chi connectivity index (χ1) is 14.5. The summed E-state index contributed by atoms with van der Waals surface area (Å²) in [6, 6.07) is 17.4. The second-order valence-electron chi connectivity index (χ2n) is 6.94. The highest BCUT2D eigenvalue weighted by atomic mass is 16.5. The molecule has 0 bridgehead atoms. The van der Waals surface area contributed by atoms with Gasteiger partial charge < -0.3 is 15.8 Å². The minimum absolute atomic E-state index is 0.0555. The van der Waals surface area contributed by atoms with E-state index in [9.17, 15) is 14.4 Å². The van der Waals surface area contributed by atoms with Crippen LogP contribution in [0.4, 0.5) is 0 Å². The minimum atomic E-state index is -0.722. The summed E-state index contributed by atoms with van der Waals surface area (Å²) in [5.74, 6) is -0.927. The first kappa shape index (κ1) is 23.3. The second kappa shape index (κ2) is 12.5. The van der Waals surface area contributed by atoms with Gasteiger partial charge in [-0.1, -0.05) is 67.6 Å². The standard InChI is InChI=1S/C23H29N3O4/c1-2-21(27)20(25-15-22(28)30-16-18-11-7-4-8-12-18)14-26-23(29)19(24)13-17-9-5-3-6-10-17/h3-12,19-20,25H,2,13-16,24H2,1H3,(H,26,29)/t19?,20-/m0/s1. The fraction of sp³-hybridized carbons (Fsp3) is 0.348. The predicted molar refractivity (Wildman–Crippen MR) is 114 cm³/mol. The van der Waals surface area contributed by atoms with E-state index >= 15 is 0 Å². The van der Waals surface area contributed by atoms with Gasteiger partial charge in [-0.25, -0.2) is 0 Å². The van der Waals surface area contributed by atoms with E-state index in [1.165, 1.54) is 0 Å². The van der Waals surface area contributed by atoms with Crippen LogP contribution in [0.25, 0.3) is 0 Å². The van der Waals surface area contributed by atoms with E-state index in [-0.39, 0.29) is 37.8 Å². The number of rotatable bonds is 12. The van der Waals surface area contributed by atoms with E-state index in [0.29, 0.717) is 6.42 Å². The Bertz CT molecular complexity index is 812. The SMILES string of the molecule is CCC(=O)[C@H](CNC(=O)C(N)Cc1ccccc1)NCC(=O)OCc1ccccc1. The molecule has 0 radical (unpaired) electrons. The fourth-order valence-corrected chi connectivity index (χ4v) is 2.84. The zero-order chi connectivity index (χ0) is 21.8. The Morgan fingerprint density at radius 3 is 2.17 bits per heavy atom. The molecule has 2 rings (SSSR count). The number of nitrogens with one attached hydrogen (secondary N) is 2. The van der Waals surface area contributed by atoms with Crippen molar-refractivity contribution in [3.63, 3.8) is 0 Å². The van der Waals surface area contributed by atoms with E-state index in [1.807, 2.05) is 60.7 Å². The summed E-state index contributed by atoms with van der Waals surface area (Å²) in [4.78, 5) is 36.5. The van der Waals surface area contributed by atoms with Crippen LogP contribution in [0.15, 0.2) is 60.7 Å². The van der Waals surface area contributed by atoms with Crippen molar-refractivity contribution in [2.45, 2.75) is 38.5 Å². The van der Waals surface area contributed by atoms with Crippen LogP contribution in [0, 0.1) is 0 Å². The molecule has 0 saturated carbocycles. The van der Waals surface area contributed by atoms with Crippen LogP contribution in [-0.4, -0.2) is 42.8 Å². The molecule has 0 saturated heterocycles. The van der Waals surface area contributed by atoms with Gasteiger partial charge in [-0.3, -0.25) is 19.7 Å². The molecule has 0 aliphatic rings. The first-order valence-corrected chi connectivity index (χ1v) is 10.0. The van der Waals surface area contributed by atoms with Gasteiger partial charge >= 0.3 is 5.97 Å². The number of ether oxygens (including phenoxy) is 1. The number of hydrogen-bond donors (Lipinski definition) is 3. The molecule has 0 aromatic heterocycles. The van der Waals surface area contributed by atoms with Crippen molar-refractivity contribution < 1.29 is 19.1 Å². The quantitative estimate of drug-likeness (QED) is 0.455. The highest BCUT2D eigenvalue weighted by molar-refractivity contribution is 5.86. The summed E-state index contributed by atoms with van der Waals surface area (Å²) in [6.07, 6.45) is 0.682. The maximum atomic E-state index is 12.3. The zero-order valence-electron chi connectivity index (χ0n) is 17.2. The molecule has 160 valence electrons. The van der Waals surface area contributed by atoms with Gasteiger partial charge in [0.05, 0.1) is 18.6 Å². The number of Topliss-reactive ketones (excluding diaryl/α,β-unsaturated/α-hetero) is 1. The molecule has 4 N–H and O–H groups in total. The molecule has 0 spiro atoms. The van der Waals surface area contributed by atoms with Gasteiger partial charge in [-0.05, 0) is 17.5 Å². The van der Waals surface area contributed by atoms with Crippen molar-refractivity contribution in [1.82, 2.24) is 10.6 Å². The number of ketones is 1. The highest BCUT2D eigenvalue weighted by Crippen LogP contribution is 2.03. The molecule has 0 aliphatic carbocycles. The van der Waals surface area contributed by atoms with Crippen LogP contribution >= 0.6 is 0 Å². The van der Waals surface area contributed by atoms with Crippen LogP contribution in [0.2, 0.25) is 0 Å². The molecule has 1 unspecified atom stereocenters. The molecule has 2 aromatic rings. The molecule has 1 amide bonds. The monoisotopic (exact) mass is 411 g/mol. The maximum Gasteiger partial charge on any atom is 0.320 e. The van der Waals surface area contributed by atoms with Crippen LogP contribution in [-0.2, 0) is 32.1 Å². The average Bonchev–Trinajstić information content (AvgIpc) is 2.78. The Morgan fingerprint density at radius 2 is 1.57 bits per heavy atom. The van der Waals surface area contributed by atoms with Crippen molar-refractivity contribution in [2.24, 2.45) is 5.73 Å². The maximum absolute atomic E-state index is 12.3. The third kappa shape index (κ3) is 8.14. The van der Waals surface area contributed by atoms with Gasteiger partial charge in [0, 0.05) is 13.0 Å². The topological polar surface area (TPSA) is 111 Å². The molecule has 0 fully saturated rings. The van der Waals surface area contributed by atoms with Crippen LogP contribution in [0.1, 0.15) is 24.5 Å². The molecule has 7 nitrogen and oxygen atoms in total. The Balaban J connectivity index is 1.78. The normalized spacial score (nSPS) is 12.6. The minimum Gasteiger partial charge on any atom is -0.460 e. The van der Waals surface area contributed by atoms with Gasteiger partial charge in [0.1, 0.15) is 6.61 Å². The Kier molecular flexibility index (Phi) is 9.70. The average molecular weight is 412 g/mol. The van der Waals surface area contributed by atoms with Crippen LogP contribution in [0.3, 0.4) is 0 Å². The van der Waals surface area contributed by atoms with Gasteiger partial charge in [-0.15, -0.1) is 0 Å². The van der Waals surface area contributed by atoms with Crippen molar-refractivity contribution in [2.75, 3.05) is 13.1 Å². The van der Waals surface area contributed by atoms with Crippen molar-refractivity contribution in [3.05, 3.63) is 71.8 Å². The summed E-state index contributed by atoms with van der Waals surface area (Å²) in [5.41, 5.74) is 7.81. The second-order valence-corrected chi connectivity index (χ2v) is 6.94. The van der Waals surface area contributed by atoms with Gasteiger partial charge in [0.2, 0.25) is 5.91 Å². The lowest BCUT2D eigenvalue weighted by Gasteiger charge is -2.19. The number of carbonyl (C=O) groups is 3. The summed E-state index contributed by atoms with van der Waals surface area (Å²) in [7, 11) is 0. The molecular weight excluding hydrogens is 382 g/mol. The predicted octanol–water partition coefficient (Wildman–Crippen LogP) is 1.35. The smallest absolute Gasteiger partial charge is 0.320 e. The number of nitrogens with two attached hydrogens (primary N) is 1. The van der Waals surface area contributed by atoms with Gasteiger partial charge in [0.25, 0.3) is 0 Å². The number of esters is 1. The van der Waals surface area contributed by atoms with E-state index in [4.69, 9.17) is 10.5 Å². The third-order valence-corrected chi connectivity index (χ3v) is 4.59. The van der Waals surface area contributed by atoms with Gasteiger partial charge in [0.15, 0.2) is 5.78 Å². The number of hydrogen-bond acceptors (Lipinski definition) is 6. The molecule has 7 heteroatoms. The Morgan fingerprint density at radius 1 is 0.967 bits per heavy atom.